The van der Waals surface area contributed by atoms with Crippen LogP contribution in [0.1, 0.15) is 19.4 Å². The van der Waals surface area contributed by atoms with E-state index in [2.05, 4.69) is 220 Å². The lowest BCUT2D eigenvalue weighted by atomic mass is 9.73. The molecule has 0 aromatic heterocycles. The van der Waals surface area contributed by atoms with Crippen molar-refractivity contribution < 1.29 is 0 Å². The molecule has 0 unspecified atom stereocenters. The zero-order chi connectivity index (χ0) is 40.4. The second-order valence-corrected chi connectivity index (χ2v) is 17.6. The summed E-state index contributed by atoms with van der Waals surface area (Å²) in [5.41, 5.74) is 10.1. The van der Waals surface area contributed by atoms with Crippen molar-refractivity contribution >= 4 is 92.6 Å². The summed E-state index contributed by atoms with van der Waals surface area (Å²) >= 11 is 0. The number of hydrogen-bond donors (Lipinski definition) is 0. The standard InChI is InChI=1S/C61H40/c1-61(2)36-42(32-41-31-40-34-56-48-24-9-6-21-45(48)46-22-7-10-25-49(46)57(56)35-55(40)60(41)61)59-52-28-13-11-26-50(52)58(51-27-12-14-29-53(51)59)39-18-15-17-37(30-39)54-33-38-16-3-4-19-43(38)44-20-5-8-23-47(44)54/h3-36H,1-2H3. The van der Waals surface area contributed by atoms with E-state index in [9.17, 15) is 0 Å². The number of allylic oxidation sites excluding steroid dienone is 4. The molecule has 2 aliphatic rings. The molecule has 11 aromatic carbocycles. The Labute approximate surface area is 354 Å². The topological polar surface area (TPSA) is 0 Å². The van der Waals surface area contributed by atoms with Crippen LogP contribution in [0.2, 0.25) is 0 Å². The molecule has 0 fully saturated rings. The summed E-state index contributed by atoms with van der Waals surface area (Å²) in [7, 11) is 0. The Morgan fingerprint density at radius 3 is 1.43 bits per heavy atom. The van der Waals surface area contributed by atoms with Crippen LogP contribution in [0.15, 0.2) is 206 Å². The zero-order valence-electron chi connectivity index (χ0n) is 34.1. The number of fused-ring (bicyclic) bond motifs is 13. The van der Waals surface area contributed by atoms with Crippen LogP contribution in [0.5, 0.6) is 0 Å². The van der Waals surface area contributed by atoms with Gasteiger partial charge in [-0.25, -0.2) is 0 Å². The van der Waals surface area contributed by atoms with Crippen molar-refractivity contribution in [2.75, 3.05) is 0 Å². The highest BCUT2D eigenvalue weighted by atomic mass is 14.4. The molecule has 0 atom stereocenters. The van der Waals surface area contributed by atoms with E-state index in [4.69, 9.17) is 0 Å². The van der Waals surface area contributed by atoms with E-state index in [0.29, 0.717) is 0 Å². The van der Waals surface area contributed by atoms with E-state index in [1.807, 2.05) is 0 Å². The van der Waals surface area contributed by atoms with Crippen LogP contribution in [-0.4, -0.2) is 0 Å². The first-order valence-electron chi connectivity index (χ1n) is 21.5. The molecule has 284 valence electrons. The largest absolute Gasteiger partial charge is 0.0665 e. The molecule has 0 aliphatic heterocycles. The van der Waals surface area contributed by atoms with Crippen LogP contribution >= 0.6 is 0 Å². The second-order valence-electron chi connectivity index (χ2n) is 17.6. The van der Waals surface area contributed by atoms with Crippen molar-refractivity contribution in [1.29, 1.82) is 0 Å². The highest BCUT2D eigenvalue weighted by molar-refractivity contribution is 6.26. The number of benzene rings is 11. The van der Waals surface area contributed by atoms with Crippen LogP contribution in [-0.2, 0) is 0 Å². The van der Waals surface area contributed by atoms with Crippen molar-refractivity contribution in [1.82, 2.24) is 0 Å². The molecular formula is C61H40. The molecule has 0 heteroatoms. The van der Waals surface area contributed by atoms with Crippen LogP contribution in [0.25, 0.3) is 115 Å². The average molecular weight is 773 g/mol. The Balaban J connectivity index is 1.02. The SMILES string of the molecule is CC1(C)C=C(c2c3ccccc3c(-c3cccc(-c4cc5ccccc5c5ccccc45)c3)c3ccccc23)C=C2C=c3cc4c5ccccc5c5ccccc5c4cc3=C21. The molecule has 13 rings (SSSR count). The van der Waals surface area contributed by atoms with Gasteiger partial charge in [0.15, 0.2) is 0 Å². The molecule has 0 heterocycles. The Bertz CT molecular complexity index is 3890. The normalized spacial score (nSPS) is 14.5. The third kappa shape index (κ3) is 5.00. The zero-order valence-corrected chi connectivity index (χ0v) is 34.1. The summed E-state index contributed by atoms with van der Waals surface area (Å²) in [6.07, 6.45) is 7.46. The molecule has 2 aliphatic carbocycles. The minimum absolute atomic E-state index is 0.209. The van der Waals surface area contributed by atoms with Crippen molar-refractivity contribution in [3.8, 4) is 22.3 Å². The molecule has 0 spiro atoms. The Kier molecular flexibility index (Phi) is 7.17. The third-order valence-electron chi connectivity index (χ3n) is 13.7. The fourth-order valence-corrected chi connectivity index (χ4v) is 11.2. The summed E-state index contributed by atoms with van der Waals surface area (Å²) in [6, 6.07) is 70.1. The van der Waals surface area contributed by atoms with E-state index in [1.54, 1.807) is 0 Å². The van der Waals surface area contributed by atoms with E-state index in [0.717, 1.165) is 0 Å². The van der Waals surface area contributed by atoms with E-state index < -0.39 is 0 Å². The first-order valence-corrected chi connectivity index (χ1v) is 21.5. The predicted molar refractivity (Wildman–Crippen MR) is 263 cm³/mol. The highest BCUT2D eigenvalue weighted by Gasteiger charge is 2.32. The van der Waals surface area contributed by atoms with Gasteiger partial charge in [0.2, 0.25) is 0 Å². The highest BCUT2D eigenvalue weighted by Crippen LogP contribution is 2.49. The lowest BCUT2D eigenvalue weighted by Crippen LogP contribution is -2.28. The number of rotatable bonds is 3. The fourth-order valence-electron chi connectivity index (χ4n) is 11.2. The second kappa shape index (κ2) is 12.7. The van der Waals surface area contributed by atoms with Gasteiger partial charge < -0.3 is 0 Å². The van der Waals surface area contributed by atoms with Gasteiger partial charge in [-0.15, -0.1) is 0 Å². The third-order valence-corrected chi connectivity index (χ3v) is 13.7. The van der Waals surface area contributed by atoms with E-state index >= 15 is 0 Å². The average Bonchev–Trinajstić information content (AvgIpc) is 3.68. The van der Waals surface area contributed by atoms with E-state index in [-0.39, 0.29) is 5.41 Å². The smallest absolute Gasteiger partial charge is 0.00966 e. The number of hydrogen-bond acceptors (Lipinski definition) is 0. The summed E-state index contributed by atoms with van der Waals surface area (Å²) in [4.78, 5) is 0. The first-order chi connectivity index (χ1) is 30.0. The van der Waals surface area contributed by atoms with Gasteiger partial charge >= 0.3 is 0 Å². The lowest BCUT2D eigenvalue weighted by molar-refractivity contribution is 0.647. The molecular weight excluding hydrogens is 733 g/mol. The van der Waals surface area contributed by atoms with Crippen molar-refractivity contribution in [2.45, 2.75) is 13.8 Å². The lowest BCUT2D eigenvalue weighted by Gasteiger charge is -2.30. The molecule has 0 radical (unpaired) electrons. The maximum absolute atomic E-state index is 2.54. The summed E-state index contributed by atoms with van der Waals surface area (Å²) < 4.78 is 0. The molecule has 0 N–H and O–H groups in total. The summed E-state index contributed by atoms with van der Waals surface area (Å²) in [5.74, 6) is 0. The molecule has 0 saturated heterocycles. The Morgan fingerprint density at radius 1 is 0.328 bits per heavy atom. The van der Waals surface area contributed by atoms with Gasteiger partial charge in [-0.05, 0) is 167 Å². The van der Waals surface area contributed by atoms with Crippen LogP contribution in [0, 0.1) is 5.41 Å². The molecule has 11 aromatic rings. The first kappa shape index (κ1) is 34.3. The Morgan fingerprint density at radius 2 is 0.803 bits per heavy atom. The van der Waals surface area contributed by atoms with Gasteiger partial charge in [-0.2, -0.15) is 0 Å². The van der Waals surface area contributed by atoms with Crippen molar-refractivity contribution in [2.24, 2.45) is 5.41 Å². The van der Waals surface area contributed by atoms with Crippen LogP contribution < -0.4 is 10.4 Å². The maximum atomic E-state index is 2.54. The molecule has 0 bridgehead atoms. The van der Waals surface area contributed by atoms with Gasteiger partial charge in [0.25, 0.3) is 0 Å². The van der Waals surface area contributed by atoms with Crippen LogP contribution in [0.3, 0.4) is 0 Å². The van der Waals surface area contributed by atoms with Gasteiger partial charge in [0, 0.05) is 5.41 Å². The molecule has 0 nitrogen and oxygen atoms in total. The summed E-state index contributed by atoms with van der Waals surface area (Å²) in [5, 5.41) is 20.8. The maximum Gasteiger partial charge on any atom is 0.00966 e. The fraction of sp³-hybridized carbons (Fsp3) is 0.0492. The van der Waals surface area contributed by atoms with Gasteiger partial charge in [-0.1, -0.05) is 184 Å². The van der Waals surface area contributed by atoms with E-state index in [1.165, 1.54) is 130 Å². The minimum atomic E-state index is -0.209. The van der Waals surface area contributed by atoms with Crippen LogP contribution in [0.4, 0.5) is 0 Å². The summed E-state index contributed by atoms with van der Waals surface area (Å²) in [6.45, 7) is 4.81. The van der Waals surface area contributed by atoms with Crippen molar-refractivity contribution in [3.05, 3.63) is 222 Å². The van der Waals surface area contributed by atoms with Gasteiger partial charge in [0.1, 0.15) is 0 Å². The monoisotopic (exact) mass is 772 g/mol. The molecule has 0 saturated carbocycles. The molecule has 0 amide bonds. The van der Waals surface area contributed by atoms with Crippen molar-refractivity contribution in [3.63, 3.8) is 0 Å². The molecule has 61 heavy (non-hydrogen) atoms. The van der Waals surface area contributed by atoms with Gasteiger partial charge in [-0.3, -0.25) is 0 Å². The predicted octanol–water partition coefficient (Wildman–Crippen LogP) is 15.1. The Hall–Kier alpha value is -7.54. The van der Waals surface area contributed by atoms with Gasteiger partial charge in [0.05, 0.1) is 0 Å². The minimum Gasteiger partial charge on any atom is -0.0665 e. The quantitative estimate of drug-likeness (QED) is 0.124.